The molecular formula is C26H32FN5O3. The van der Waals surface area contributed by atoms with Crippen LogP contribution in [0, 0.1) is 5.82 Å². The van der Waals surface area contributed by atoms with Crippen molar-refractivity contribution in [1.29, 1.82) is 0 Å². The van der Waals surface area contributed by atoms with Gasteiger partial charge < -0.3 is 15.1 Å². The van der Waals surface area contributed by atoms with Gasteiger partial charge in [0.2, 0.25) is 11.8 Å². The molecule has 2 aliphatic rings. The summed E-state index contributed by atoms with van der Waals surface area (Å²) >= 11 is 0. The summed E-state index contributed by atoms with van der Waals surface area (Å²) in [5.41, 5.74) is 1.75. The average Bonchev–Trinajstić information content (AvgIpc) is 2.84. The number of likely N-dealkylation sites (N-methyl/N-ethyl adjacent to an activating group) is 1. The van der Waals surface area contributed by atoms with Crippen LogP contribution >= 0.6 is 0 Å². The van der Waals surface area contributed by atoms with E-state index in [4.69, 9.17) is 0 Å². The molecule has 4 rings (SSSR count). The standard InChI is InChI=1S/C26H32FN5O3/c1-3-4-10-22-25(34)30(16-20-8-6-5-7-9-20)17-23-31(22)24(33)18-29(2)32(23)26(35)28-15-19-11-13-21(27)14-12-19/h5-9,11-14,22-23H,3-4,10,15-18H2,1-2H3,(H,28,35)/t22-,23-/m0/s1. The van der Waals surface area contributed by atoms with Crippen LogP contribution < -0.4 is 5.32 Å². The number of hydrogen-bond acceptors (Lipinski definition) is 4. The molecule has 0 aromatic heterocycles. The maximum atomic E-state index is 13.5. The normalized spacial score (nSPS) is 20.7. The number of rotatable bonds is 7. The van der Waals surface area contributed by atoms with E-state index in [-0.39, 0.29) is 43.3 Å². The van der Waals surface area contributed by atoms with Crippen LogP contribution in [-0.4, -0.2) is 70.0 Å². The van der Waals surface area contributed by atoms with Crippen molar-refractivity contribution in [3.8, 4) is 0 Å². The van der Waals surface area contributed by atoms with Crippen molar-refractivity contribution in [1.82, 2.24) is 25.1 Å². The third-order valence-corrected chi connectivity index (χ3v) is 6.55. The van der Waals surface area contributed by atoms with E-state index >= 15 is 0 Å². The van der Waals surface area contributed by atoms with Crippen LogP contribution in [0.15, 0.2) is 54.6 Å². The minimum absolute atomic E-state index is 0.00899. The van der Waals surface area contributed by atoms with E-state index in [9.17, 15) is 18.8 Å². The second-order valence-electron chi connectivity index (χ2n) is 9.09. The molecule has 0 radical (unpaired) electrons. The van der Waals surface area contributed by atoms with Gasteiger partial charge in [0.1, 0.15) is 18.0 Å². The fourth-order valence-electron chi connectivity index (χ4n) is 4.79. The minimum Gasteiger partial charge on any atom is -0.333 e. The molecule has 0 aliphatic carbocycles. The lowest BCUT2D eigenvalue weighted by molar-refractivity contribution is -0.188. The van der Waals surface area contributed by atoms with Gasteiger partial charge in [-0.05, 0) is 29.7 Å². The molecule has 2 fully saturated rings. The molecule has 2 aromatic carbocycles. The number of nitrogens with one attached hydrogen (secondary N) is 1. The summed E-state index contributed by atoms with van der Waals surface area (Å²) in [7, 11) is 1.70. The van der Waals surface area contributed by atoms with Crippen LogP contribution in [0.2, 0.25) is 0 Å². The molecule has 2 aliphatic heterocycles. The van der Waals surface area contributed by atoms with E-state index in [1.54, 1.807) is 34.0 Å². The van der Waals surface area contributed by atoms with Gasteiger partial charge >= 0.3 is 6.03 Å². The largest absolute Gasteiger partial charge is 0.334 e. The van der Waals surface area contributed by atoms with E-state index in [0.29, 0.717) is 13.0 Å². The number of hydrazine groups is 1. The highest BCUT2D eigenvalue weighted by Crippen LogP contribution is 2.29. The highest BCUT2D eigenvalue weighted by atomic mass is 19.1. The predicted molar refractivity (Wildman–Crippen MR) is 129 cm³/mol. The first-order chi connectivity index (χ1) is 16.9. The highest BCUT2D eigenvalue weighted by molar-refractivity contribution is 5.91. The van der Waals surface area contributed by atoms with Crippen molar-refractivity contribution in [2.45, 2.75) is 51.5 Å². The fourth-order valence-corrected chi connectivity index (χ4v) is 4.79. The highest BCUT2D eigenvalue weighted by Gasteiger charge is 2.50. The van der Waals surface area contributed by atoms with Gasteiger partial charge in [-0.25, -0.2) is 19.2 Å². The number of urea groups is 1. The smallest absolute Gasteiger partial charge is 0.333 e. The molecule has 0 saturated carbocycles. The Balaban J connectivity index is 1.58. The van der Waals surface area contributed by atoms with E-state index in [1.807, 2.05) is 37.3 Å². The Morgan fingerprint density at radius 1 is 1.06 bits per heavy atom. The second-order valence-corrected chi connectivity index (χ2v) is 9.09. The van der Waals surface area contributed by atoms with E-state index < -0.39 is 12.2 Å². The molecule has 8 nitrogen and oxygen atoms in total. The van der Waals surface area contributed by atoms with Gasteiger partial charge in [0.15, 0.2) is 0 Å². The number of amides is 4. The van der Waals surface area contributed by atoms with Gasteiger partial charge in [-0.1, -0.05) is 62.2 Å². The molecule has 2 aromatic rings. The number of fused-ring (bicyclic) bond motifs is 1. The lowest BCUT2D eigenvalue weighted by Crippen LogP contribution is -2.75. The average molecular weight is 482 g/mol. The van der Waals surface area contributed by atoms with Crippen molar-refractivity contribution in [3.05, 3.63) is 71.5 Å². The van der Waals surface area contributed by atoms with Gasteiger partial charge in [0.25, 0.3) is 0 Å². The summed E-state index contributed by atoms with van der Waals surface area (Å²) in [5.74, 6) is -0.578. The number of carbonyl (C=O) groups is 3. The van der Waals surface area contributed by atoms with Crippen LogP contribution in [0.5, 0.6) is 0 Å². The number of nitrogens with zero attached hydrogens (tertiary/aromatic N) is 4. The van der Waals surface area contributed by atoms with Crippen molar-refractivity contribution in [3.63, 3.8) is 0 Å². The Bertz CT molecular complexity index is 1050. The Morgan fingerprint density at radius 2 is 1.77 bits per heavy atom. The van der Waals surface area contributed by atoms with E-state index in [0.717, 1.165) is 24.0 Å². The lowest BCUT2D eigenvalue weighted by atomic mass is 10.0. The molecule has 186 valence electrons. The van der Waals surface area contributed by atoms with Gasteiger partial charge in [-0.15, -0.1) is 0 Å². The summed E-state index contributed by atoms with van der Waals surface area (Å²) in [5, 5.41) is 6.03. The van der Waals surface area contributed by atoms with E-state index in [2.05, 4.69) is 5.32 Å². The first-order valence-electron chi connectivity index (χ1n) is 12.1. The van der Waals surface area contributed by atoms with Crippen molar-refractivity contribution in [2.75, 3.05) is 20.1 Å². The summed E-state index contributed by atoms with van der Waals surface area (Å²) in [6.07, 6.45) is 1.64. The summed E-state index contributed by atoms with van der Waals surface area (Å²) in [6.45, 7) is 2.91. The molecule has 1 N–H and O–H groups in total. The third-order valence-electron chi connectivity index (χ3n) is 6.55. The van der Waals surface area contributed by atoms with Gasteiger partial charge in [0.05, 0.1) is 13.1 Å². The Labute approximate surface area is 205 Å². The first kappa shape index (κ1) is 24.7. The number of hydrogen-bond donors (Lipinski definition) is 1. The summed E-state index contributed by atoms with van der Waals surface area (Å²) < 4.78 is 13.2. The van der Waals surface area contributed by atoms with Crippen molar-refractivity contribution < 1.29 is 18.8 Å². The molecule has 4 amide bonds. The molecule has 9 heteroatoms. The van der Waals surface area contributed by atoms with Crippen LogP contribution in [0.25, 0.3) is 0 Å². The molecule has 2 atom stereocenters. The maximum Gasteiger partial charge on any atom is 0.334 e. The Morgan fingerprint density at radius 3 is 2.46 bits per heavy atom. The topological polar surface area (TPSA) is 76.2 Å². The molecule has 35 heavy (non-hydrogen) atoms. The zero-order valence-electron chi connectivity index (χ0n) is 20.2. The molecule has 2 heterocycles. The molecule has 0 spiro atoms. The van der Waals surface area contributed by atoms with Crippen LogP contribution in [-0.2, 0) is 22.7 Å². The maximum absolute atomic E-state index is 13.5. The third kappa shape index (κ3) is 5.45. The van der Waals surface area contributed by atoms with E-state index in [1.165, 1.54) is 17.1 Å². The van der Waals surface area contributed by atoms with Crippen molar-refractivity contribution in [2.24, 2.45) is 0 Å². The second kappa shape index (κ2) is 10.9. The zero-order valence-corrected chi connectivity index (χ0v) is 20.2. The minimum atomic E-state index is -0.613. The van der Waals surface area contributed by atoms with Gasteiger partial charge in [0, 0.05) is 20.1 Å². The number of unbranched alkanes of at least 4 members (excludes halogenated alkanes) is 1. The monoisotopic (exact) mass is 481 g/mol. The zero-order chi connectivity index (χ0) is 24.9. The first-order valence-corrected chi connectivity index (χ1v) is 12.1. The number of piperazine rings is 1. The van der Waals surface area contributed by atoms with Crippen molar-refractivity contribution >= 4 is 17.8 Å². The van der Waals surface area contributed by atoms with Crippen LogP contribution in [0.1, 0.15) is 37.3 Å². The Hall–Kier alpha value is -3.46. The number of carbonyl (C=O) groups excluding carboxylic acids is 3. The molecule has 0 unspecified atom stereocenters. The SMILES string of the molecule is CCCC[C@H]1C(=O)N(Cc2ccccc2)C[C@H]2N1C(=O)CN(C)N2C(=O)NCc1ccc(F)cc1. The van der Waals surface area contributed by atoms with Crippen LogP contribution in [0.3, 0.4) is 0 Å². The molecule has 2 saturated heterocycles. The van der Waals surface area contributed by atoms with Gasteiger partial charge in [-0.3, -0.25) is 9.59 Å². The lowest BCUT2D eigenvalue weighted by Gasteiger charge is -2.54. The summed E-state index contributed by atoms with van der Waals surface area (Å²) in [6, 6.07) is 14.7. The van der Waals surface area contributed by atoms with Crippen LogP contribution in [0.4, 0.5) is 9.18 Å². The summed E-state index contributed by atoms with van der Waals surface area (Å²) in [4.78, 5) is 43.3. The molecular weight excluding hydrogens is 449 g/mol. The Kier molecular flexibility index (Phi) is 7.65. The molecule has 0 bridgehead atoms. The number of halogens is 1. The number of benzene rings is 2. The van der Waals surface area contributed by atoms with Gasteiger partial charge in [-0.2, -0.15) is 0 Å². The fraction of sp³-hybridized carbons (Fsp3) is 0.423. The quantitative estimate of drug-likeness (QED) is 0.660. The predicted octanol–water partition coefficient (Wildman–Crippen LogP) is 2.95.